The zero-order valence-electron chi connectivity index (χ0n) is 16.4. The summed E-state index contributed by atoms with van der Waals surface area (Å²) in [6.07, 6.45) is 2.19. The van der Waals surface area contributed by atoms with Crippen LogP contribution in [0.5, 0.6) is 11.5 Å². The van der Waals surface area contributed by atoms with Crippen LogP contribution in [-0.4, -0.2) is 30.5 Å². The van der Waals surface area contributed by atoms with Crippen molar-refractivity contribution >= 4 is 39.2 Å². The maximum atomic E-state index is 10.7. The van der Waals surface area contributed by atoms with Gasteiger partial charge in [-0.25, -0.2) is 4.79 Å². The van der Waals surface area contributed by atoms with Gasteiger partial charge in [-0.3, -0.25) is 0 Å². The highest BCUT2D eigenvalue weighted by molar-refractivity contribution is 9.10. The third kappa shape index (κ3) is 5.90. The molecular weight excluding hydrogens is 464 g/mol. The average Bonchev–Trinajstić information content (AvgIpc) is 2.77. The highest BCUT2D eigenvalue weighted by Gasteiger charge is 2.11. The Morgan fingerprint density at radius 2 is 1.80 bits per heavy atom. The quantitative estimate of drug-likeness (QED) is 0.369. The Kier molecular flexibility index (Phi) is 7.99. The van der Waals surface area contributed by atoms with Crippen molar-refractivity contribution in [1.29, 1.82) is 0 Å². The Morgan fingerprint density at radius 3 is 2.50 bits per heavy atom. The lowest BCUT2D eigenvalue weighted by atomic mass is 9.97. The van der Waals surface area contributed by atoms with Crippen molar-refractivity contribution in [2.45, 2.75) is 4.90 Å². The third-order valence-corrected chi connectivity index (χ3v) is 6.19. The van der Waals surface area contributed by atoms with Gasteiger partial charge in [-0.05, 0) is 51.3 Å². The molecule has 0 aliphatic rings. The predicted octanol–water partition coefficient (Wildman–Crippen LogP) is 6.15. The molecule has 0 fully saturated rings. The van der Waals surface area contributed by atoms with E-state index in [9.17, 15) is 4.79 Å². The van der Waals surface area contributed by atoms with Crippen LogP contribution >= 0.6 is 27.7 Å². The zero-order chi connectivity index (χ0) is 21.3. The van der Waals surface area contributed by atoms with Gasteiger partial charge in [0.05, 0.1) is 7.11 Å². The van der Waals surface area contributed by atoms with E-state index in [4.69, 9.17) is 14.6 Å². The largest absolute Gasteiger partial charge is 0.496 e. The van der Waals surface area contributed by atoms with Crippen LogP contribution in [0, 0.1) is 0 Å². The molecule has 30 heavy (non-hydrogen) atoms. The van der Waals surface area contributed by atoms with Gasteiger partial charge in [0.15, 0.2) is 6.61 Å². The first-order valence-electron chi connectivity index (χ1n) is 9.24. The summed E-state index contributed by atoms with van der Waals surface area (Å²) in [7, 11) is 1.68. The van der Waals surface area contributed by atoms with E-state index in [1.165, 1.54) is 0 Å². The first-order chi connectivity index (χ1) is 14.6. The molecule has 3 rings (SSSR count). The van der Waals surface area contributed by atoms with Gasteiger partial charge in [-0.2, -0.15) is 0 Å². The molecular formula is C24H21BrO4S. The number of halogens is 1. The topological polar surface area (TPSA) is 55.8 Å². The summed E-state index contributed by atoms with van der Waals surface area (Å²) in [5.41, 5.74) is 3.28. The summed E-state index contributed by atoms with van der Waals surface area (Å²) in [5.74, 6) is 1.09. The maximum Gasteiger partial charge on any atom is 0.341 e. The Bertz CT molecular complexity index is 1030. The van der Waals surface area contributed by atoms with Gasteiger partial charge in [0, 0.05) is 20.7 Å². The molecule has 0 unspecified atom stereocenters. The number of aliphatic carboxylic acids is 1. The number of benzene rings is 3. The lowest BCUT2D eigenvalue weighted by Gasteiger charge is -2.13. The highest BCUT2D eigenvalue weighted by atomic mass is 79.9. The molecule has 0 saturated carbocycles. The van der Waals surface area contributed by atoms with Crippen LogP contribution < -0.4 is 9.47 Å². The first-order valence-corrected chi connectivity index (χ1v) is 11.0. The summed E-state index contributed by atoms with van der Waals surface area (Å²) in [6, 6.07) is 23.7. The van der Waals surface area contributed by atoms with E-state index in [1.807, 2.05) is 42.5 Å². The van der Waals surface area contributed by atoms with Crippen molar-refractivity contribution in [1.82, 2.24) is 0 Å². The molecule has 4 nitrogen and oxygen atoms in total. The standard InChI is InChI=1S/C24H21BrO4S/c1-28-22-10-6-5-9-20(22)19(17-7-3-2-4-8-17)13-14-30-23-12-11-18(15-21(23)25)29-16-24(26)27/h2-13,15H,14,16H2,1H3,(H,26,27). The number of thioether (sulfide) groups is 1. The monoisotopic (exact) mass is 484 g/mol. The van der Waals surface area contributed by atoms with Crippen molar-refractivity contribution < 1.29 is 19.4 Å². The summed E-state index contributed by atoms with van der Waals surface area (Å²) in [5, 5.41) is 8.74. The van der Waals surface area contributed by atoms with E-state index >= 15 is 0 Å². The Morgan fingerprint density at radius 1 is 1.07 bits per heavy atom. The number of carboxylic acid groups (broad SMARTS) is 1. The fraction of sp³-hybridized carbons (Fsp3) is 0.125. The van der Waals surface area contributed by atoms with Crippen LogP contribution in [0.2, 0.25) is 0 Å². The summed E-state index contributed by atoms with van der Waals surface area (Å²) in [6.45, 7) is -0.360. The first kappa shape index (κ1) is 22.0. The van der Waals surface area contributed by atoms with Gasteiger partial charge in [-0.15, -0.1) is 11.8 Å². The van der Waals surface area contributed by atoms with Crippen molar-refractivity contribution in [3.8, 4) is 11.5 Å². The third-order valence-electron chi connectivity index (χ3n) is 4.27. The second kappa shape index (κ2) is 10.9. The Labute approximate surface area is 188 Å². The molecule has 0 radical (unpaired) electrons. The molecule has 3 aromatic carbocycles. The minimum absolute atomic E-state index is 0.360. The molecule has 1 N–H and O–H groups in total. The lowest BCUT2D eigenvalue weighted by Crippen LogP contribution is -2.09. The molecule has 0 bridgehead atoms. The van der Waals surface area contributed by atoms with Crippen LogP contribution in [0.3, 0.4) is 0 Å². The molecule has 0 aromatic heterocycles. The van der Waals surface area contributed by atoms with E-state index in [-0.39, 0.29) is 6.61 Å². The molecule has 0 heterocycles. The molecule has 0 spiro atoms. The molecule has 3 aromatic rings. The van der Waals surface area contributed by atoms with Crippen molar-refractivity contribution in [2.24, 2.45) is 0 Å². The van der Waals surface area contributed by atoms with Crippen LogP contribution in [0.1, 0.15) is 11.1 Å². The number of carboxylic acids is 1. The Balaban J connectivity index is 1.81. The molecule has 0 amide bonds. The van der Waals surface area contributed by atoms with Crippen molar-refractivity contribution in [3.63, 3.8) is 0 Å². The van der Waals surface area contributed by atoms with E-state index in [2.05, 4.69) is 40.2 Å². The van der Waals surface area contributed by atoms with E-state index < -0.39 is 5.97 Å². The number of carbonyl (C=O) groups is 1. The summed E-state index contributed by atoms with van der Waals surface area (Å²) >= 11 is 5.22. The van der Waals surface area contributed by atoms with Crippen LogP contribution in [-0.2, 0) is 4.79 Å². The van der Waals surface area contributed by atoms with Crippen LogP contribution in [0.25, 0.3) is 5.57 Å². The van der Waals surface area contributed by atoms with E-state index in [0.29, 0.717) is 5.75 Å². The SMILES string of the molecule is COc1ccccc1C(=CCSc1ccc(OCC(=O)O)cc1Br)c1ccccc1. The number of rotatable bonds is 9. The molecule has 154 valence electrons. The highest BCUT2D eigenvalue weighted by Crippen LogP contribution is 2.34. The minimum Gasteiger partial charge on any atom is -0.496 e. The van der Waals surface area contributed by atoms with Gasteiger partial charge in [0.2, 0.25) is 0 Å². The number of para-hydroxylation sites is 1. The number of hydrogen-bond acceptors (Lipinski definition) is 4. The van der Waals surface area contributed by atoms with Gasteiger partial charge in [-0.1, -0.05) is 54.6 Å². The number of hydrogen-bond donors (Lipinski definition) is 1. The lowest BCUT2D eigenvalue weighted by molar-refractivity contribution is -0.139. The number of ether oxygens (including phenoxy) is 2. The predicted molar refractivity (Wildman–Crippen MR) is 125 cm³/mol. The molecule has 6 heteroatoms. The minimum atomic E-state index is -1.00. The van der Waals surface area contributed by atoms with Gasteiger partial charge >= 0.3 is 5.97 Å². The normalized spacial score (nSPS) is 11.2. The molecule has 0 aliphatic heterocycles. The van der Waals surface area contributed by atoms with Gasteiger partial charge in [0.25, 0.3) is 0 Å². The summed E-state index contributed by atoms with van der Waals surface area (Å²) < 4.78 is 11.7. The summed E-state index contributed by atoms with van der Waals surface area (Å²) in [4.78, 5) is 11.7. The fourth-order valence-corrected chi connectivity index (χ4v) is 4.41. The van der Waals surface area contributed by atoms with Crippen molar-refractivity contribution in [2.75, 3.05) is 19.5 Å². The zero-order valence-corrected chi connectivity index (χ0v) is 18.8. The van der Waals surface area contributed by atoms with Crippen molar-refractivity contribution in [3.05, 3.63) is 94.5 Å². The number of methoxy groups -OCH3 is 1. The van der Waals surface area contributed by atoms with Gasteiger partial charge < -0.3 is 14.6 Å². The molecule has 0 saturated heterocycles. The fourth-order valence-electron chi connectivity index (χ4n) is 2.92. The second-order valence-electron chi connectivity index (χ2n) is 6.27. The Hall–Kier alpha value is -2.70. The molecule has 0 aliphatic carbocycles. The van der Waals surface area contributed by atoms with Gasteiger partial charge in [0.1, 0.15) is 11.5 Å². The van der Waals surface area contributed by atoms with Crippen LogP contribution in [0.15, 0.2) is 88.2 Å². The maximum absolute atomic E-state index is 10.7. The van der Waals surface area contributed by atoms with Crippen LogP contribution in [0.4, 0.5) is 0 Å². The average molecular weight is 485 g/mol. The second-order valence-corrected chi connectivity index (χ2v) is 8.19. The molecule has 0 atom stereocenters. The van der Waals surface area contributed by atoms with E-state index in [0.717, 1.165) is 37.6 Å². The van der Waals surface area contributed by atoms with E-state index in [1.54, 1.807) is 31.0 Å². The smallest absolute Gasteiger partial charge is 0.341 e.